The van der Waals surface area contributed by atoms with Crippen LogP contribution in [0.5, 0.6) is 0 Å². The molecule has 0 aromatic heterocycles. The molecule has 1 aliphatic heterocycles. The van der Waals surface area contributed by atoms with Crippen molar-refractivity contribution in [1.29, 1.82) is 0 Å². The summed E-state index contributed by atoms with van der Waals surface area (Å²) in [4.78, 5) is 0.516. The van der Waals surface area contributed by atoms with E-state index >= 15 is 0 Å². The van der Waals surface area contributed by atoms with Gasteiger partial charge < -0.3 is 25.2 Å². The topological polar surface area (TPSA) is 150 Å². The van der Waals surface area contributed by atoms with Crippen molar-refractivity contribution < 1.29 is 33.6 Å². The molecule has 2 rings (SSSR count). The second kappa shape index (κ2) is 6.81. The van der Waals surface area contributed by atoms with Gasteiger partial charge in [-0.3, -0.25) is 0 Å². The van der Waals surface area contributed by atoms with Crippen molar-refractivity contribution >= 4 is 21.8 Å². The maximum absolute atomic E-state index is 11.2. The van der Waals surface area contributed by atoms with Crippen molar-refractivity contribution in [3.8, 4) is 0 Å². The van der Waals surface area contributed by atoms with Gasteiger partial charge in [0, 0.05) is 4.90 Å². The van der Waals surface area contributed by atoms with Gasteiger partial charge in [0.25, 0.3) is 0 Å². The molecule has 0 aliphatic carbocycles. The number of hydrogen-bond acceptors (Lipinski definition) is 8. The minimum absolute atomic E-state index is 0.0503. The number of aliphatic hydroxyl groups is 4. The smallest absolute Gasteiger partial charge is 0.238 e. The molecule has 8 nitrogen and oxygen atoms in total. The van der Waals surface area contributed by atoms with E-state index < -0.39 is 46.5 Å². The summed E-state index contributed by atoms with van der Waals surface area (Å²) in [6.07, 6.45) is -5.21. The van der Waals surface area contributed by atoms with Crippen molar-refractivity contribution in [3.05, 3.63) is 24.3 Å². The number of sulfonamides is 1. The first-order valence-corrected chi connectivity index (χ1v) is 8.76. The number of primary sulfonamides is 1. The second-order valence-electron chi connectivity index (χ2n) is 4.83. The third-order valence-electron chi connectivity index (χ3n) is 3.25. The highest BCUT2D eigenvalue weighted by Crippen LogP contribution is 2.33. The molecule has 124 valence electrons. The fourth-order valence-electron chi connectivity index (χ4n) is 2.01. The number of ether oxygens (including phenoxy) is 1. The lowest BCUT2D eigenvalue weighted by Crippen LogP contribution is -2.57. The summed E-state index contributed by atoms with van der Waals surface area (Å²) in [7, 11) is -3.79. The Morgan fingerprint density at radius 3 is 2.18 bits per heavy atom. The Kier molecular flexibility index (Phi) is 5.45. The molecule has 0 unspecified atom stereocenters. The van der Waals surface area contributed by atoms with Crippen LogP contribution in [-0.2, 0) is 14.8 Å². The first-order chi connectivity index (χ1) is 10.2. The minimum atomic E-state index is -3.79. The van der Waals surface area contributed by atoms with Gasteiger partial charge in [0.1, 0.15) is 29.9 Å². The van der Waals surface area contributed by atoms with Gasteiger partial charge >= 0.3 is 0 Å². The Bertz CT molecular complexity index is 604. The van der Waals surface area contributed by atoms with E-state index in [9.17, 15) is 23.7 Å². The van der Waals surface area contributed by atoms with Gasteiger partial charge in [0.15, 0.2) is 0 Å². The summed E-state index contributed by atoms with van der Waals surface area (Å²) in [6, 6.07) is 5.57. The van der Waals surface area contributed by atoms with E-state index in [-0.39, 0.29) is 4.90 Å². The molecule has 0 spiro atoms. The van der Waals surface area contributed by atoms with Crippen LogP contribution in [0.4, 0.5) is 0 Å². The zero-order valence-electron chi connectivity index (χ0n) is 11.3. The molecule has 6 N–H and O–H groups in total. The summed E-state index contributed by atoms with van der Waals surface area (Å²) in [5, 5.41) is 43.4. The van der Waals surface area contributed by atoms with Crippen LogP contribution in [0.15, 0.2) is 34.1 Å². The molecule has 1 heterocycles. The zero-order chi connectivity index (χ0) is 16.5. The largest absolute Gasteiger partial charge is 0.394 e. The minimum Gasteiger partial charge on any atom is -0.394 e. The fourth-order valence-corrected chi connectivity index (χ4v) is 3.58. The molecule has 5 atom stereocenters. The zero-order valence-corrected chi connectivity index (χ0v) is 12.9. The Balaban J connectivity index is 2.12. The lowest BCUT2D eigenvalue weighted by molar-refractivity contribution is -0.205. The third kappa shape index (κ3) is 3.78. The standard InChI is InChI=1S/C12H17NO7S2/c13-22(18,19)7-3-1-6(2-4-7)21-12-11(17)10(16)9(15)8(5-14)20-12/h1-4,8-12,14-17H,5H2,(H2,13,18,19)/t8-,9-,10+,11-,12+/m1/s1. The SMILES string of the molecule is NS(=O)(=O)c1ccc(S[C@@H]2O[C@H](CO)[C@@H](O)[C@H](O)[C@H]2O)cc1. The maximum atomic E-state index is 11.2. The number of rotatable bonds is 4. The van der Waals surface area contributed by atoms with Crippen molar-refractivity contribution in [1.82, 2.24) is 0 Å². The van der Waals surface area contributed by atoms with Gasteiger partial charge in [-0.1, -0.05) is 11.8 Å². The van der Waals surface area contributed by atoms with Crippen LogP contribution in [0.1, 0.15) is 0 Å². The van der Waals surface area contributed by atoms with Crippen molar-refractivity contribution in [3.63, 3.8) is 0 Å². The first-order valence-electron chi connectivity index (χ1n) is 6.34. The molecule has 0 amide bonds. The molecule has 0 radical (unpaired) electrons. The molecule has 1 aromatic rings. The number of nitrogens with two attached hydrogens (primary N) is 1. The Hall–Kier alpha value is -0.720. The van der Waals surface area contributed by atoms with E-state index in [0.717, 1.165) is 11.8 Å². The molecule has 1 aromatic carbocycles. The summed E-state index contributed by atoms with van der Waals surface area (Å²) in [5.74, 6) is 0. The third-order valence-corrected chi connectivity index (χ3v) is 5.35. The molecular weight excluding hydrogens is 334 g/mol. The summed E-state index contributed by atoms with van der Waals surface area (Å²) in [6.45, 7) is -0.508. The van der Waals surface area contributed by atoms with Gasteiger partial charge in [-0.15, -0.1) is 0 Å². The molecule has 1 aliphatic rings. The van der Waals surface area contributed by atoms with E-state index in [1.807, 2.05) is 0 Å². The van der Waals surface area contributed by atoms with Crippen molar-refractivity contribution in [2.24, 2.45) is 5.14 Å². The van der Waals surface area contributed by atoms with Crippen molar-refractivity contribution in [2.75, 3.05) is 6.61 Å². The molecule has 22 heavy (non-hydrogen) atoms. The molecule has 1 fully saturated rings. The second-order valence-corrected chi connectivity index (χ2v) is 7.56. The van der Waals surface area contributed by atoms with Crippen molar-refractivity contribution in [2.45, 2.75) is 39.6 Å². The predicted molar refractivity (Wildman–Crippen MR) is 77.4 cm³/mol. The Labute approximate surface area is 131 Å². The maximum Gasteiger partial charge on any atom is 0.238 e. The summed E-state index contributed by atoms with van der Waals surface area (Å²) in [5.41, 5.74) is -0.920. The van der Waals surface area contributed by atoms with Crippen LogP contribution in [0, 0.1) is 0 Å². The van der Waals surface area contributed by atoms with E-state index in [4.69, 9.17) is 15.0 Å². The van der Waals surface area contributed by atoms with Crippen LogP contribution in [-0.4, -0.2) is 65.3 Å². The highest BCUT2D eigenvalue weighted by molar-refractivity contribution is 7.99. The van der Waals surface area contributed by atoms with E-state index in [2.05, 4.69) is 0 Å². The summed E-state index contributed by atoms with van der Waals surface area (Å²) >= 11 is 1.03. The Morgan fingerprint density at radius 1 is 1.09 bits per heavy atom. The van der Waals surface area contributed by atoms with Gasteiger partial charge in [-0.2, -0.15) is 0 Å². The monoisotopic (exact) mass is 351 g/mol. The number of thioether (sulfide) groups is 1. The highest BCUT2D eigenvalue weighted by atomic mass is 32.2. The van der Waals surface area contributed by atoms with Crippen LogP contribution >= 0.6 is 11.8 Å². The Morgan fingerprint density at radius 2 is 1.68 bits per heavy atom. The van der Waals surface area contributed by atoms with Gasteiger partial charge in [0.2, 0.25) is 10.0 Å². The highest BCUT2D eigenvalue weighted by Gasteiger charge is 2.43. The summed E-state index contributed by atoms with van der Waals surface area (Å²) < 4.78 is 27.7. The first kappa shape index (κ1) is 17.6. The lowest BCUT2D eigenvalue weighted by atomic mass is 10.0. The number of aliphatic hydroxyl groups excluding tert-OH is 4. The lowest BCUT2D eigenvalue weighted by Gasteiger charge is -2.39. The molecule has 0 bridgehead atoms. The van der Waals surface area contributed by atoms with Crippen LogP contribution < -0.4 is 5.14 Å². The number of benzene rings is 1. The molecule has 10 heteroatoms. The molecular formula is C12H17NO7S2. The van der Waals surface area contributed by atoms with E-state index in [1.165, 1.54) is 24.3 Å². The van der Waals surface area contributed by atoms with Crippen LogP contribution in [0.2, 0.25) is 0 Å². The van der Waals surface area contributed by atoms with Gasteiger partial charge in [0.05, 0.1) is 11.5 Å². The quantitative estimate of drug-likeness (QED) is 0.427. The van der Waals surface area contributed by atoms with Gasteiger partial charge in [-0.25, -0.2) is 13.6 Å². The fraction of sp³-hybridized carbons (Fsp3) is 0.500. The average molecular weight is 351 g/mol. The number of hydrogen-bond donors (Lipinski definition) is 5. The van der Waals surface area contributed by atoms with E-state index in [0.29, 0.717) is 4.90 Å². The normalized spacial score (nSPS) is 32.9. The van der Waals surface area contributed by atoms with Crippen LogP contribution in [0.3, 0.4) is 0 Å². The predicted octanol–water partition coefficient (Wildman–Crippen LogP) is -1.77. The van der Waals surface area contributed by atoms with Crippen LogP contribution in [0.25, 0.3) is 0 Å². The molecule has 0 saturated carbocycles. The average Bonchev–Trinajstić information content (AvgIpc) is 2.47. The van der Waals surface area contributed by atoms with Gasteiger partial charge in [-0.05, 0) is 24.3 Å². The molecule has 1 saturated heterocycles. The van der Waals surface area contributed by atoms with E-state index in [1.54, 1.807) is 0 Å².